The Bertz CT molecular complexity index is 13.5. The van der Waals surface area contributed by atoms with E-state index in [1.54, 1.807) is 0 Å². The van der Waals surface area contributed by atoms with Gasteiger partial charge in [-0.2, -0.15) is 9.90 Å². The topological polar surface area (TPSA) is 75.5 Å². The van der Waals surface area contributed by atoms with Crippen molar-refractivity contribution in [3.05, 3.63) is 0 Å². The van der Waals surface area contributed by atoms with E-state index in [9.17, 15) is 0 Å². The van der Waals surface area contributed by atoms with Crippen LogP contribution in [0, 0.1) is 0 Å². The Labute approximate surface area is 40.6 Å². The van der Waals surface area contributed by atoms with E-state index in [0.717, 1.165) is 0 Å². The van der Waals surface area contributed by atoms with Crippen LogP contribution in [-0.4, -0.2) is 23.4 Å². The van der Waals surface area contributed by atoms with E-state index in [2.05, 4.69) is 0 Å². The predicted octanol–water partition coefficient (Wildman–Crippen LogP) is -0.809. The van der Waals surface area contributed by atoms with Crippen LogP contribution in [0.4, 0.5) is 0 Å². The first-order valence-electron chi connectivity index (χ1n) is 1.13. The average molecular weight is 113 g/mol. The second kappa shape index (κ2) is 18.5. The lowest BCUT2D eigenvalue weighted by molar-refractivity contribution is 0.186. The molecule has 0 spiro atoms. The van der Waals surface area contributed by atoms with Gasteiger partial charge >= 0.3 is 0 Å². The molecular formula is C2H12NO2P. The normalized spacial score (nSPS) is 5.00. The molecule has 5 N–H and O–H groups in total. The zero-order valence-electron chi connectivity index (χ0n) is 3.72. The van der Waals surface area contributed by atoms with Gasteiger partial charge in [0.15, 0.2) is 0 Å². The highest BCUT2D eigenvalue weighted by Crippen LogP contribution is 1.39. The van der Waals surface area contributed by atoms with Gasteiger partial charge in [-0.3, -0.25) is 0 Å². The minimum absolute atomic E-state index is 0. The fraction of sp³-hybridized carbons (Fsp3) is 1.00. The molecule has 0 bridgehead atoms. The standard InChI is InChI=1S/C2H6O2.H3N.H3P/c3-1-2-4;;/h3-4H,1-2H2;2*1H3. The molecule has 0 fully saturated rings. The van der Waals surface area contributed by atoms with Gasteiger partial charge in [0.1, 0.15) is 0 Å². The van der Waals surface area contributed by atoms with Crippen LogP contribution in [0.25, 0.3) is 0 Å². The van der Waals surface area contributed by atoms with Crippen molar-refractivity contribution in [2.45, 2.75) is 0 Å². The average Bonchev–Trinajstić information content (AvgIpc) is 1.37. The Morgan fingerprint density at radius 1 is 1.00 bits per heavy atom. The summed E-state index contributed by atoms with van der Waals surface area (Å²) in [4.78, 5) is 0. The number of aliphatic hydroxyl groups excluding tert-OH is 2. The van der Waals surface area contributed by atoms with Gasteiger partial charge in [-0.15, -0.1) is 0 Å². The highest BCUT2D eigenvalue weighted by atomic mass is 31.0. The van der Waals surface area contributed by atoms with Gasteiger partial charge in [0.05, 0.1) is 13.2 Å². The Kier molecular flexibility index (Phi) is 50.0. The lowest BCUT2D eigenvalue weighted by atomic mass is 10.8. The molecule has 0 aliphatic heterocycles. The van der Waals surface area contributed by atoms with E-state index in [-0.39, 0.29) is 29.3 Å². The summed E-state index contributed by atoms with van der Waals surface area (Å²) >= 11 is 0. The van der Waals surface area contributed by atoms with Crippen LogP contribution in [0.3, 0.4) is 0 Å². The van der Waals surface area contributed by atoms with Crippen molar-refractivity contribution < 1.29 is 10.2 Å². The Hall–Kier alpha value is 0.310. The van der Waals surface area contributed by atoms with Gasteiger partial charge in [0.25, 0.3) is 0 Å². The minimum Gasteiger partial charge on any atom is -0.394 e. The van der Waals surface area contributed by atoms with Gasteiger partial charge in [-0.1, -0.05) is 0 Å². The van der Waals surface area contributed by atoms with Crippen molar-refractivity contribution in [2.24, 2.45) is 0 Å². The van der Waals surface area contributed by atoms with Crippen LogP contribution in [0.1, 0.15) is 0 Å². The van der Waals surface area contributed by atoms with Gasteiger partial charge in [0, 0.05) is 0 Å². The zero-order valence-corrected chi connectivity index (χ0v) is 5.14. The van der Waals surface area contributed by atoms with Crippen molar-refractivity contribution in [1.29, 1.82) is 0 Å². The van der Waals surface area contributed by atoms with Gasteiger partial charge in [-0.25, -0.2) is 0 Å². The maximum Gasteiger partial charge on any atom is 0.0662 e. The number of hydrogen-bond donors (Lipinski definition) is 3. The molecule has 0 aromatic rings. The predicted molar refractivity (Wildman–Crippen MR) is 30.3 cm³/mol. The molecule has 6 heavy (non-hydrogen) atoms. The second-order valence-electron chi connectivity index (χ2n) is 0.447. The van der Waals surface area contributed by atoms with Gasteiger partial charge in [-0.05, 0) is 0 Å². The smallest absolute Gasteiger partial charge is 0.0662 e. The molecule has 0 aromatic carbocycles. The third-order valence-electron chi connectivity index (χ3n) is 0.1000. The molecule has 42 valence electrons. The fourth-order valence-corrected chi connectivity index (χ4v) is 0. The Morgan fingerprint density at radius 3 is 1.17 bits per heavy atom. The summed E-state index contributed by atoms with van der Waals surface area (Å²) in [5, 5.41) is 15.2. The molecule has 0 saturated heterocycles. The molecule has 4 heteroatoms. The first-order valence-corrected chi connectivity index (χ1v) is 1.13. The van der Waals surface area contributed by atoms with E-state index in [1.807, 2.05) is 0 Å². The van der Waals surface area contributed by atoms with Crippen molar-refractivity contribution in [3.63, 3.8) is 0 Å². The summed E-state index contributed by atoms with van der Waals surface area (Å²) in [6, 6.07) is 0. The number of rotatable bonds is 1. The maximum atomic E-state index is 7.62. The molecule has 0 aromatic heterocycles. The maximum absolute atomic E-state index is 7.62. The second-order valence-corrected chi connectivity index (χ2v) is 0.447. The van der Waals surface area contributed by atoms with Crippen LogP contribution in [0.5, 0.6) is 0 Å². The highest BCUT2D eigenvalue weighted by molar-refractivity contribution is 6.92. The molecule has 0 aliphatic carbocycles. The third kappa shape index (κ3) is 27.5. The molecule has 1 unspecified atom stereocenters. The quantitative estimate of drug-likeness (QED) is 0.389. The molecule has 1 atom stereocenters. The summed E-state index contributed by atoms with van der Waals surface area (Å²) in [5.74, 6) is 0. The van der Waals surface area contributed by atoms with Gasteiger partial charge in [0.2, 0.25) is 0 Å². The SMILES string of the molecule is N.OCCO.P. The van der Waals surface area contributed by atoms with Gasteiger partial charge < -0.3 is 16.4 Å². The van der Waals surface area contributed by atoms with E-state index in [4.69, 9.17) is 10.2 Å². The monoisotopic (exact) mass is 113 g/mol. The molecule has 0 rings (SSSR count). The Morgan fingerprint density at radius 2 is 1.17 bits per heavy atom. The lowest BCUT2D eigenvalue weighted by Gasteiger charge is -1.70. The zero-order chi connectivity index (χ0) is 3.41. The van der Waals surface area contributed by atoms with Crippen LogP contribution >= 0.6 is 9.90 Å². The summed E-state index contributed by atoms with van der Waals surface area (Å²) in [6.07, 6.45) is 0. The number of hydrogen-bond acceptors (Lipinski definition) is 3. The third-order valence-corrected chi connectivity index (χ3v) is 0.1000. The Balaban J connectivity index is -0.0000000450. The molecule has 0 radical (unpaired) electrons. The fourth-order valence-electron chi connectivity index (χ4n) is 0. The first-order chi connectivity index (χ1) is 1.91. The summed E-state index contributed by atoms with van der Waals surface area (Å²) in [6.45, 7) is -0.250. The lowest BCUT2D eigenvalue weighted by Crippen LogP contribution is -1.85. The number of aliphatic hydroxyl groups is 2. The van der Waals surface area contributed by atoms with E-state index >= 15 is 0 Å². The highest BCUT2D eigenvalue weighted by Gasteiger charge is 1.58. The minimum atomic E-state index is -0.125. The first kappa shape index (κ1) is 16.2. The van der Waals surface area contributed by atoms with Crippen LogP contribution in [-0.2, 0) is 0 Å². The molecule has 3 nitrogen and oxygen atoms in total. The van der Waals surface area contributed by atoms with Crippen LogP contribution in [0.15, 0.2) is 0 Å². The molecule has 0 heterocycles. The largest absolute Gasteiger partial charge is 0.394 e. The van der Waals surface area contributed by atoms with Crippen LogP contribution < -0.4 is 6.15 Å². The van der Waals surface area contributed by atoms with E-state index in [1.165, 1.54) is 0 Å². The van der Waals surface area contributed by atoms with Crippen LogP contribution in [0.2, 0.25) is 0 Å². The van der Waals surface area contributed by atoms with Crippen molar-refractivity contribution in [2.75, 3.05) is 13.2 Å². The molecule has 0 aliphatic rings. The summed E-state index contributed by atoms with van der Waals surface area (Å²) < 4.78 is 0. The van der Waals surface area contributed by atoms with Crippen molar-refractivity contribution in [1.82, 2.24) is 6.15 Å². The van der Waals surface area contributed by atoms with Crippen molar-refractivity contribution >= 4 is 9.90 Å². The molecule has 0 amide bonds. The molecule has 0 saturated carbocycles. The van der Waals surface area contributed by atoms with E-state index < -0.39 is 0 Å². The summed E-state index contributed by atoms with van der Waals surface area (Å²) in [7, 11) is 0. The van der Waals surface area contributed by atoms with Crippen molar-refractivity contribution in [3.8, 4) is 0 Å². The summed E-state index contributed by atoms with van der Waals surface area (Å²) in [5.41, 5.74) is 0. The van der Waals surface area contributed by atoms with E-state index in [0.29, 0.717) is 0 Å². The molecular weight excluding hydrogens is 101 g/mol.